The minimum Gasteiger partial charge on any atom is -0.338 e. The maximum Gasteiger partial charge on any atom is 0.230 e. The number of amides is 1. The van der Waals surface area contributed by atoms with Crippen molar-refractivity contribution in [2.75, 3.05) is 36.4 Å². The topological polar surface area (TPSA) is 74.2 Å². The van der Waals surface area contributed by atoms with Crippen molar-refractivity contribution < 1.29 is 4.79 Å². The van der Waals surface area contributed by atoms with Crippen LogP contribution >= 0.6 is 11.3 Å². The minimum atomic E-state index is -0.439. The fourth-order valence-corrected chi connectivity index (χ4v) is 4.90. The van der Waals surface area contributed by atoms with E-state index in [2.05, 4.69) is 50.2 Å². The molecule has 1 fully saturated rings. The molecule has 0 aliphatic carbocycles. The summed E-state index contributed by atoms with van der Waals surface area (Å²) in [5.41, 5.74) is 5.53. The average Bonchev–Trinajstić information content (AvgIpc) is 3.21. The van der Waals surface area contributed by atoms with Crippen molar-refractivity contribution in [1.29, 1.82) is 0 Å². The maximum absolute atomic E-state index is 12.2. The lowest BCUT2D eigenvalue weighted by atomic mass is 9.84. The molecule has 2 aliphatic rings. The summed E-state index contributed by atoms with van der Waals surface area (Å²) in [6.45, 7) is 9.86. The van der Waals surface area contributed by atoms with Gasteiger partial charge in [-0.05, 0) is 24.6 Å². The van der Waals surface area contributed by atoms with Crippen molar-refractivity contribution in [2.45, 2.75) is 33.2 Å². The van der Waals surface area contributed by atoms with Gasteiger partial charge < -0.3 is 10.2 Å². The van der Waals surface area contributed by atoms with Gasteiger partial charge >= 0.3 is 0 Å². The van der Waals surface area contributed by atoms with E-state index in [1.54, 1.807) is 17.5 Å². The number of anilines is 2. The van der Waals surface area contributed by atoms with Gasteiger partial charge in [-0.15, -0.1) is 11.3 Å². The van der Waals surface area contributed by atoms with Gasteiger partial charge in [0.2, 0.25) is 11.9 Å². The molecule has 4 heterocycles. The quantitative estimate of drug-likeness (QED) is 0.697. The third-order valence-electron chi connectivity index (χ3n) is 6.31. The van der Waals surface area contributed by atoms with Crippen molar-refractivity contribution in [1.82, 2.24) is 19.9 Å². The molecular weight excluding hydrogens is 396 g/mol. The number of hydrogen-bond donors (Lipinski definition) is 1. The molecule has 1 aromatic carbocycles. The second-order valence-corrected chi connectivity index (χ2v) is 9.71. The Kier molecular flexibility index (Phi) is 4.71. The summed E-state index contributed by atoms with van der Waals surface area (Å²) in [5, 5.41) is 2.94. The second kappa shape index (κ2) is 7.28. The van der Waals surface area contributed by atoms with E-state index in [1.165, 1.54) is 10.3 Å². The number of aromatic nitrogens is 3. The summed E-state index contributed by atoms with van der Waals surface area (Å²) in [7, 11) is 0. The molecule has 0 bridgehead atoms. The van der Waals surface area contributed by atoms with Crippen molar-refractivity contribution in [3.8, 4) is 0 Å². The van der Waals surface area contributed by atoms with Gasteiger partial charge in [0.25, 0.3) is 0 Å². The molecule has 8 heteroatoms. The Hall–Kier alpha value is -2.58. The maximum atomic E-state index is 12.2. The number of nitrogens with zero attached hydrogens (tertiary/aromatic N) is 5. The molecule has 0 spiro atoms. The van der Waals surface area contributed by atoms with Crippen LogP contribution in [0, 0.1) is 5.41 Å². The zero-order valence-corrected chi connectivity index (χ0v) is 18.4. The molecular formula is C22H26N6OS. The Bertz CT molecular complexity index is 1100. The Labute approximate surface area is 180 Å². The molecule has 1 atom stereocenters. The third-order valence-corrected chi connectivity index (χ3v) is 7.12. The van der Waals surface area contributed by atoms with E-state index in [0.717, 1.165) is 49.0 Å². The summed E-state index contributed by atoms with van der Waals surface area (Å²) < 4.78 is 1.24. The minimum absolute atomic E-state index is 0.0322. The van der Waals surface area contributed by atoms with E-state index < -0.39 is 5.41 Å². The van der Waals surface area contributed by atoms with E-state index in [0.29, 0.717) is 12.5 Å². The molecule has 2 aliphatic heterocycles. The van der Waals surface area contributed by atoms with Crippen LogP contribution in [0.2, 0.25) is 0 Å². The van der Waals surface area contributed by atoms with Crippen molar-refractivity contribution in [3.05, 3.63) is 41.2 Å². The van der Waals surface area contributed by atoms with Crippen molar-refractivity contribution in [3.63, 3.8) is 0 Å². The number of hydrogen-bond acceptors (Lipinski definition) is 7. The first kappa shape index (κ1) is 19.4. The third kappa shape index (κ3) is 3.44. The number of nitrogens with one attached hydrogen (secondary N) is 1. The zero-order chi connectivity index (χ0) is 20.9. The molecule has 1 saturated heterocycles. The van der Waals surface area contributed by atoms with Crippen LogP contribution in [0.1, 0.15) is 38.1 Å². The van der Waals surface area contributed by atoms with E-state index in [-0.39, 0.29) is 5.91 Å². The number of thiazole rings is 1. The largest absolute Gasteiger partial charge is 0.338 e. The predicted molar refractivity (Wildman–Crippen MR) is 120 cm³/mol. The molecule has 30 heavy (non-hydrogen) atoms. The average molecular weight is 423 g/mol. The summed E-state index contributed by atoms with van der Waals surface area (Å²) >= 11 is 1.68. The Balaban J connectivity index is 1.27. The number of fused-ring (bicyclic) bond motifs is 2. The van der Waals surface area contributed by atoms with Crippen LogP contribution in [0.3, 0.4) is 0 Å². The van der Waals surface area contributed by atoms with Gasteiger partial charge in [-0.1, -0.05) is 19.9 Å². The van der Waals surface area contributed by atoms with Crippen LogP contribution in [0.25, 0.3) is 10.2 Å². The van der Waals surface area contributed by atoms with Crippen LogP contribution in [-0.2, 0) is 11.2 Å². The van der Waals surface area contributed by atoms with Crippen LogP contribution in [-0.4, -0.2) is 51.9 Å². The molecule has 5 rings (SSSR count). The first-order chi connectivity index (χ1) is 14.4. The number of carbonyl (C=O) groups is 1. The highest BCUT2D eigenvalue weighted by atomic mass is 32.1. The number of benzene rings is 1. The monoisotopic (exact) mass is 422 g/mol. The smallest absolute Gasteiger partial charge is 0.230 e. The molecule has 1 amide bonds. The first-order valence-electron chi connectivity index (χ1n) is 10.4. The lowest BCUT2D eigenvalue weighted by molar-refractivity contribution is -0.124. The van der Waals surface area contributed by atoms with E-state index >= 15 is 0 Å². The zero-order valence-electron chi connectivity index (χ0n) is 17.6. The summed E-state index contributed by atoms with van der Waals surface area (Å²) in [6, 6.07) is 6.96. The fraction of sp³-hybridized carbons (Fsp3) is 0.455. The van der Waals surface area contributed by atoms with Gasteiger partial charge in [-0.25, -0.2) is 15.0 Å². The predicted octanol–water partition coefficient (Wildman–Crippen LogP) is 3.49. The number of rotatable bonds is 3. The van der Waals surface area contributed by atoms with Crippen LogP contribution in [0.4, 0.5) is 11.6 Å². The lowest BCUT2D eigenvalue weighted by Crippen LogP contribution is -2.48. The SMILES string of the molecule is CC(c1ccc2scnc2c1)N1CCN(c2ncc3c(n2)CC(C)(C)C(=O)N3)CC1. The molecule has 0 saturated carbocycles. The number of carbonyl (C=O) groups excluding carboxylic acids is 1. The standard InChI is InChI=1S/C22H26N6OS/c1-14(15-4-5-19-16(10-15)24-13-30-19)27-6-8-28(9-7-27)21-23-12-18-17(26-21)11-22(2,3)20(29)25-18/h4-5,10,12-14H,6-9,11H2,1-3H3,(H,25,29). The van der Waals surface area contributed by atoms with Gasteiger partial charge in [-0.3, -0.25) is 9.69 Å². The van der Waals surface area contributed by atoms with Gasteiger partial charge in [0, 0.05) is 44.1 Å². The summed E-state index contributed by atoms with van der Waals surface area (Å²) in [6.07, 6.45) is 2.39. The summed E-state index contributed by atoms with van der Waals surface area (Å²) in [5.74, 6) is 0.793. The van der Waals surface area contributed by atoms with E-state index in [1.807, 2.05) is 19.4 Å². The molecule has 3 aromatic rings. The van der Waals surface area contributed by atoms with E-state index in [4.69, 9.17) is 4.98 Å². The Morgan fingerprint density at radius 2 is 1.97 bits per heavy atom. The lowest BCUT2D eigenvalue weighted by Gasteiger charge is -2.38. The molecule has 0 radical (unpaired) electrons. The van der Waals surface area contributed by atoms with Gasteiger partial charge in [0.05, 0.1) is 33.3 Å². The summed E-state index contributed by atoms with van der Waals surface area (Å²) in [4.78, 5) is 30.7. The molecule has 1 unspecified atom stereocenters. The van der Waals surface area contributed by atoms with E-state index in [9.17, 15) is 4.79 Å². The molecule has 156 valence electrons. The van der Waals surface area contributed by atoms with Crippen LogP contribution < -0.4 is 10.2 Å². The highest BCUT2D eigenvalue weighted by molar-refractivity contribution is 7.16. The Morgan fingerprint density at radius 3 is 2.77 bits per heavy atom. The highest BCUT2D eigenvalue weighted by Gasteiger charge is 2.35. The first-order valence-corrected chi connectivity index (χ1v) is 11.3. The molecule has 2 aromatic heterocycles. The van der Waals surface area contributed by atoms with Crippen LogP contribution in [0.5, 0.6) is 0 Å². The van der Waals surface area contributed by atoms with Crippen LogP contribution in [0.15, 0.2) is 29.9 Å². The second-order valence-electron chi connectivity index (χ2n) is 8.82. The fourth-order valence-electron chi connectivity index (χ4n) is 4.24. The van der Waals surface area contributed by atoms with Crippen molar-refractivity contribution in [2.24, 2.45) is 5.41 Å². The number of piperazine rings is 1. The van der Waals surface area contributed by atoms with Crippen molar-refractivity contribution >= 4 is 39.1 Å². The normalized spacial score (nSPS) is 20.1. The molecule has 1 N–H and O–H groups in total. The highest BCUT2D eigenvalue weighted by Crippen LogP contribution is 2.33. The van der Waals surface area contributed by atoms with Gasteiger partial charge in [-0.2, -0.15) is 0 Å². The molecule has 7 nitrogen and oxygen atoms in total. The van der Waals surface area contributed by atoms with Gasteiger partial charge in [0.15, 0.2) is 0 Å². The Morgan fingerprint density at radius 1 is 1.17 bits per heavy atom. The van der Waals surface area contributed by atoms with Gasteiger partial charge in [0.1, 0.15) is 0 Å².